The van der Waals surface area contributed by atoms with Crippen molar-refractivity contribution in [3.8, 4) is 11.4 Å². The second kappa shape index (κ2) is 8.90. The Morgan fingerprint density at radius 2 is 1.85 bits per heavy atom. The number of carbonyl (C=O) groups is 1. The predicted molar refractivity (Wildman–Crippen MR) is 135 cm³/mol. The maximum atomic E-state index is 12.6. The average Bonchev–Trinajstić information content (AvgIpc) is 3.39. The fraction of sp³-hybridized carbons (Fsp3) is 0.143. The monoisotopic (exact) mass is 451 g/mol. The van der Waals surface area contributed by atoms with Crippen molar-refractivity contribution in [2.45, 2.75) is 20.8 Å². The fourth-order valence-corrected chi connectivity index (χ4v) is 4.30. The van der Waals surface area contributed by atoms with Gasteiger partial charge in [-0.25, -0.2) is 5.43 Å². The molecule has 0 radical (unpaired) electrons. The van der Waals surface area contributed by atoms with Crippen LogP contribution in [-0.2, 0) is 0 Å². The number of amides is 1. The van der Waals surface area contributed by atoms with Crippen molar-refractivity contribution in [3.63, 3.8) is 0 Å². The van der Waals surface area contributed by atoms with E-state index >= 15 is 0 Å². The molecule has 0 aliphatic rings. The molecule has 2 heterocycles. The van der Waals surface area contributed by atoms with E-state index in [9.17, 15) is 4.79 Å². The zero-order valence-corrected chi connectivity index (χ0v) is 19.3. The Balaban J connectivity index is 1.37. The molecule has 6 heteroatoms. The Hall–Kier alpha value is -4.32. The van der Waals surface area contributed by atoms with Crippen LogP contribution in [0.4, 0.5) is 0 Å². The predicted octanol–water partition coefficient (Wildman–Crippen LogP) is 6.16. The van der Waals surface area contributed by atoms with Crippen LogP contribution in [0.25, 0.3) is 27.4 Å². The lowest BCUT2D eigenvalue weighted by Crippen LogP contribution is -2.16. The van der Waals surface area contributed by atoms with Gasteiger partial charge < -0.3 is 13.7 Å². The van der Waals surface area contributed by atoms with Crippen molar-refractivity contribution >= 4 is 33.9 Å². The van der Waals surface area contributed by atoms with Gasteiger partial charge in [-0.2, -0.15) is 5.10 Å². The average molecular weight is 452 g/mol. The maximum Gasteiger partial charge on any atom is 0.307 e. The van der Waals surface area contributed by atoms with Crippen molar-refractivity contribution in [1.82, 2.24) is 9.99 Å². The van der Waals surface area contributed by atoms with Crippen LogP contribution in [0.2, 0.25) is 0 Å². The third-order valence-corrected chi connectivity index (χ3v) is 5.87. The second-order valence-electron chi connectivity index (χ2n) is 8.10. The molecule has 0 fully saturated rings. The molecule has 1 N–H and O–H groups in total. The van der Waals surface area contributed by atoms with E-state index in [0.717, 1.165) is 33.8 Å². The highest BCUT2D eigenvalue weighted by Gasteiger charge is 2.14. The molecule has 0 spiro atoms. The van der Waals surface area contributed by atoms with Gasteiger partial charge in [0.15, 0.2) is 5.76 Å². The topological polar surface area (TPSA) is 68.8 Å². The summed E-state index contributed by atoms with van der Waals surface area (Å²) in [6, 6.07) is 23.8. The summed E-state index contributed by atoms with van der Waals surface area (Å²) in [5.74, 6) is 0.526. The van der Waals surface area contributed by atoms with Crippen LogP contribution in [0.15, 0.2) is 82.3 Å². The van der Waals surface area contributed by atoms with Gasteiger partial charge >= 0.3 is 5.91 Å². The van der Waals surface area contributed by atoms with Gasteiger partial charge in [0.25, 0.3) is 0 Å². The van der Waals surface area contributed by atoms with Gasteiger partial charge in [0.05, 0.1) is 18.5 Å². The number of fused-ring (bicyclic) bond motifs is 2. The number of ether oxygens (including phenoxy) is 1. The molecule has 5 aromatic rings. The first-order valence-corrected chi connectivity index (χ1v) is 11.2. The van der Waals surface area contributed by atoms with Crippen LogP contribution in [0.3, 0.4) is 0 Å². The third kappa shape index (κ3) is 3.94. The number of benzene rings is 3. The maximum absolute atomic E-state index is 12.6. The van der Waals surface area contributed by atoms with Gasteiger partial charge in [-0.05, 0) is 62.6 Å². The molecular formula is C28H25N3O3. The van der Waals surface area contributed by atoms with Gasteiger partial charge in [-0.15, -0.1) is 0 Å². The van der Waals surface area contributed by atoms with E-state index < -0.39 is 5.91 Å². The van der Waals surface area contributed by atoms with Gasteiger partial charge in [0, 0.05) is 27.7 Å². The Kier molecular flexibility index (Phi) is 5.64. The van der Waals surface area contributed by atoms with Crippen LogP contribution in [0.5, 0.6) is 5.75 Å². The minimum Gasteiger partial charge on any atom is -0.494 e. The summed E-state index contributed by atoms with van der Waals surface area (Å²) in [4.78, 5) is 12.6. The molecular weight excluding hydrogens is 426 g/mol. The van der Waals surface area contributed by atoms with E-state index in [0.29, 0.717) is 12.2 Å². The van der Waals surface area contributed by atoms with Gasteiger partial charge in [0.1, 0.15) is 11.3 Å². The van der Waals surface area contributed by atoms with Gasteiger partial charge in [0.2, 0.25) is 0 Å². The molecule has 0 saturated carbocycles. The Morgan fingerprint density at radius 1 is 1.03 bits per heavy atom. The summed E-state index contributed by atoms with van der Waals surface area (Å²) in [7, 11) is 0. The summed E-state index contributed by atoms with van der Waals surface area (Å²) in [5.41, 5.74) is 7.36. The van der Waals surface area contributed by atoms with Gasteiger partial charge in [-0.3, -0.25) is 4.79 Å². The van der Waals surface area contributed by atoms with E-state index in [1.807, 2.05) is 38.1 Å². The van der Waals surface area contributed by atoms with E-state index in [2.05, 4.69) is 58.4 Å². The highest BCUT2D eigenvalue weighted by molar-refractivity contribution is 5.97. The number of carbonyl (C=O) groups excluding carboxylic acids is 1. The van der Waals surface area contributed by atoms with Crippen LogP contribution in [-0.4, -0.2) is 23.3 Å². The Bertz CT molecular complexity index is 1540. The molecule has 5 rings (SSSR count). The first-order valence-electron chi connectivity index (χ1n) is 11.2. The summed E-state index contributed by atoms with van der Waals surface area (Å²) in [5, 5.41) is 7.36. The Morgan fingerprint density at radius 3 is 2.71 bits per heavy atom. The Labute approximate surface area is 197 Å². The lowest BCUT2D eigenvalue weighted by molar-refractivity contribution is 0.0929. The van der Waals surface area contributed by atoms with E-state index in [1.165, 1.54) is 10.8 Å². The number of hydrogen-bond donors (Lipinski definition) is 1. The minimum absolute atomic E-state index is 0.196. The lowest BCUT2D eigenvalue weighted by atomic mass is 10.1. The second-order valence-corrected chi connectivity index (χ2v) is 8.10. The normalized spacial score (nSPS) is 11.5. The van der Waals surface area contributed by atoms with Crippen LogP contribution < -0.4 is 10.2 Å². The number of nitrogens with zero attached hydrogens (tertiary/aromatic N) is 2. The third-order valence-electron chi connectivity index (χ3n) is 5.87. The first kappa shape index (κ1) is 21.5. The fourth-order valence-electron chi connectivity index (χ4n) is 4.30. The molecule has 34 heavy (non-hydrogen) atoms. The smallest absolute Gasteiger partial charge is 0.307 e. The molecule has 2 aromatic heterocycles. The van der Waals surface area contributed by atoms with Crippen molar-refractivity contribution in [2.24, 2.45) is 5.10 Å². The number of hydrazone groups is 1. The van der Waals surface area contributed by atoms with Crippen LogP contribution in [0, 0.1) is 13.8 Å². The molecule has 3 aromatic carbocycles. The quantitative estimate of drug-likeness (QED) is 0.248. The summed E-state index contributed by atoms with van der Waals surface area (Å²) in [6.07, 6.45) is 1.66. The molecule has 0 bridgehead atoms. The summed E-state index contributed by atoms with van der Waals surface area (Å²) < 4.78 is 13.4. The number of aromatic nitrogens is 1. The van der Waals surface area contributed by atoms with Crippen molar-refractivity contribution in [2.75, 3.05) is 6.61 Å². The van der Waals surface area contributed by atoms with Crippen molar-refractivity contribution in [1.29, 1.82) is 0 Å². The summed E-state index contributed by atoms with van der Waals surface area (Å²) in [6.45, 7) is 6.62. The lowest BCUT2D eigenvalue weighted by Gasteiger charge is -2.12. The molecule has 0 aliphatic heterocycles. The number of aryl methyl sites for hydroxylation is 1. The molecule has 0 unspecified atom stereocenters. The van der Waals surface area contributed by atoms with E-state index in [-0.39, 0.29) is 5.76 Å². The standard InChI is InChI=1S/C28H25N3O3/c1-4-33-23-12-13-26-21(15-23)16-27(34-26)28(32)30-29-17-22-14-18(2)31(19(22)3)25-11-7-9-20-8-5-6-10-24(20)25/h5-17H,4H2,1-3H3,(H,30,32)/b29-17+. The SMILES string of the molecule is CCOc1ccc2oc(C(=O)N/N=C/c3cc(C)n(-c4cccc5ccccc45)c3C)cc2c1. The number of nitrogens with one attached hydrogen (secondary N) is 1. The first-order chi connectivity index (χ1) is 16.5. The van der Waals surface area contributed by atoms with Crippen molar-refractivity contribution < 1.29 is 13.9 Å². The zero-order valence-electron chi connectivity index (χ0n) is 19.3. The highest BCUT2D eigenvalue weighted by Crippen LogP contribution is 2.27. The highest BCUT2D eigenvalue weighted by atomic mass is 16.5. The van der Waals surface area contributed by atoms with E-state index in [1.54, 1.807) is 18.3 Å². The van der Waals surface area contributed by atoms with E-state index in [4.69, 9.17) is 9.15 Å². The number of furan rings is 1. The molecule has 0 aliphatic carbocycles. The molecule has 170 valence electrons. The molecule has 1 amide bonds. The molecule has 6 nitrogen and oxygen atoms in total. The van der Waals surface area contributed by atoms with Gasteiger partial charge in [-0.1, -0.05) is 36.4 Å². The van der Waals surface area contributed by atoms with Crippen LogP contribution in [0.1, 0.15) is 34.4 Å². The van der Waals surface area contributed by atoms with Crippen LogP contribution >= 0.6 is 0 Å². The zero-order chi connectivity index (χ0) is 23.7. The summed E-state index contributed by atoms with van der Waals surface area (Å²) >= 11 is 0. The molecule has 0 atom stereocenters. The number of rotatable bonds is 6. The van der Waals surface area contributed by atoms with Crippen molar-refractivity contribution in [3.05, 3.63) is 95.5 Å². The molecule has 0 saturated heterocycles. The largest absolute Gasteiger partial charge is 0.494 e. The minimum atomic E-state index is -0.409. The number of hydrogen-bond acceptors (Lipinski definition) is 4.